The monoisotopic (exact) mass is 320 g/mol. The number of nitrogens with zero attached hydrogens (tertiary/aromatic N) is 1. The number of ketones is 1. The summed E-state index contributed by atoms with van der Waals surface area (Å²) in [7, 11) is 0. The van der Waals surface area contributed by atoms with E-state index in [1.54, 1.807) is 17.5 Å². The van der Waals surface area contributed by atoms with E-state index in [4.69, 9.17) is 0 Å². The Balaban J connectivity index is 2.12. The van der Waals surface area contributed by atoms with Crippen LogP contribution < -0.4 is 0 Å². The molecule has 1 N–H and O–H groups in total. The number of nitrogens with one attached hydrogen (secondary N) is 1. The maximum atomic E-state index is 12.6. The molecule has 0 fully saturated rings. The first-order valence-electron chi connectivity index (χ1n) is 7.33. The fraction of sp³-hybridized carbons (Fsp3) is 0.500. The number of thioether (sulfide) groups is 1. The van der Waals surface area contributed by atoms with Crippen LogP contribution in [0.4, 0.5) is 0 Å². The van der Waals surface area contributed by atoms with Gasteiger partial charge >= 0.3 is 0 Å². The van der Waals surface area contributed by atoms with E-state index < -0.39 is 0 Å². The topological polar surface area (TPSA) is 45.8 Å². The lowest BCUT2D eigenvalue weighted by Crippen LogP contribution is -2.26. The van der Waals surface area contributed by atoms with Crippen LogP contribution in [0.1, 0.15) is 49.5 Å². The number of aromatic amines is 1. The van der Waals surface area contributed by atoms with Crippen molar-refractivity contribution in [2.75, 3.05) is 5.75 Å². The number of Topliss-reactive ketones (excluding diaryl/α,β-unsaturated/α-hetero) is 1. The Morgan fingerprint density at radius 1 is 1.43 bits per heavy atom. The van der Waals surface area contributed by atoms with Crippen molar-refractivity contribution < 1.29 is 4.79 Å². The maximum Gasteiger partial charge on any atom is 0.165 e. The van der Waals surface area contributed by atoms with Crippen molar-refractivity contribution in [3.8, 4) is 10.6 Å². The van der Waals surface area contributed by atoms with Gasteiger partial charge in [-0.3, -0.25) is 9.89 Å². The molecule has 3 nitrogen and oxygen atoms in total. The molecule has 1 aliphatic carbocycles. The van der Waals surface area contributed by atoms with E-state index in [1.165, 1.54) is 14.6 Å². The quantitative estimate of drug-likeness (QED) is 0.823. The summed E-state index contributed by atoms with van der Waals surface area (Å²) >= 11 is 3.57. The van der Waals surface area contributed by atoms with Crippen LogP contribution in [0, 0.1) is 5.41 Å². The van der Waals surface area contributed by atoms with Crippen molar-refractivity contribution in [2.45, 2.75) is 44.2 Å². The number of carbonyl (C=O) groups is 1. The molecule has 0 unspecified atom stereocenters. The average Bonchev–Trinajstić information content (AvgIpc) is 3.01. The third-order valence-corrected chi connectivity index (χ3v) is 6.47. The second kappa shape index (κ2) is 5.61. The van der Waals surface area contributed by atoms with Crippen LogP contribution in [0.25, 0.3) is 10.6 Å². The van der Waals surface area contributed by atoms with Gasteiger partial charge in [-0.15, -0.1) is 23.1 Å². The van der Waals surface area contributed by atoms with Crippen LogP contribution in [-0.4, -0.2) is 21.7 Å². The van der Waals surface area contributed by atoms with Gasteiger partial charge < -0.3 is 0 Å². The molecule has 2 aromatic heterocycles. The fourth-order valence-corrected chi connectivity index (χ4v) is 5.41. The Morgan fingerprint density at radius 2 is 2.24 bits per heavy atom. The summed E-state index contributed by atoms with van der Waals surface area (Å²) < 4.78 is 1.19. The van der Waals surface area contributed by atoms with Crippen LogP contribution in [0.2, 0.25) is 0 Å². The molecule has 0 saturated carbocycles. The molecular weight excluding hydrogens is 300 g/mol. The second-order valence-corrected chi connectivity index (χ2v) is 8.72. The lowest BCUT2D eigenvalue weighted by Gasteiger charge is -2.29. The number of rotatable bonds is 4. The Kier molecular flexibility index (Phi) is 3.97. The predicted octanol–water partition coefficient (Wildman–Crippen LogP) is 4.80. The molecule has 0 amide bonds. The van der Waals surface area contributed by atoms with Crippen molar-refractivity contribution in [3.05, 3.63) is 23.4 Å². The molecule has 2 heterocycles. The summed E-state index contributed by atoms with van der Waals surface area (Å²) in [5.41, 5.74) is 3.30. The van der Waals surface area contributed by atoms with Gasteiger partial charge in [0.2, 0.25) is 0 Å². The number of hydrogen-bond donors (Lipinski definition) is 1. The van der Waals surface area contributed by atoms with Crippen LogP contribution in [0.5, 0.6) is 0 Å². The number of thiophene rings is 1. The van der Waals surface area contributed by atoms with Crippen LogP contribution >= 0.6 is 23.1 Å². The van der Waals surface area contributed by atoms with E-state index in [0.717, 1.165) is 29.9 Å². The van der Waals surface area contributed by atoms with Crippen LogP contribution in [-0.2, 0) is 6.42 Å². The highest BCUT2D eigenvalue weighted by atomic mass is 32.2. The number of fused-ring (bicyclic) bond motifs is 1. The summed E-state index contributed by atoms with van der Waals surface area (Å²) in [5.74, 6) is 1.37. The summed E-state index contributed by atoms with van der Waals surface area (Å²) in [4.78, 5) is 13.8. The molecular formula is C16H20N2OS2. The third-order valence-electron chi connectivity index (χ3n) is 3.73. The normalized spacial score (nSPS) is 17.0. The standard InChI is InChI=1S/C16H20N2OS2/c1-4-7-20-15-13-10(8-16(2,3)9-12(13)19)14(21-15)11-5-6-17-18-11/h5-6H,4,7-9H2,1-3H3,(H,17,18). The smallest absolute Gasteiger partial charge is 0.165 e. The van der Waals surface area contributed by atoms with Gasteiger partial charge in [0.25, 0.3) is 0 Å². The molecule has 5 heteroatoms. The summed E-state index contributed by atoms with van der Waals surface area (Å²) in [6, 6.07) is 1.99. The molecule has 0 saturated heterocycles. The Morgan fingerprint density at radius 3 is 2.90 bits per heavy atom. The largest absolute Gasteiger partial charge is 0.294 e. The number of carbonyl (C=O) groups excluding carboxylic acids is 1. The second-order valence-electron chi connectivity index (χ2n) is 6.33. The number of H-pyrrole nitrogens is 1. The summed E-state index contributed by atoms with van der Waals surface area (Å²) in [6.07, 6.45) is 4.51. The molecule has 0 bridgehead atoms. The molecule has 0 aliphatic heterocycles. The van der Waals surface area contributed by atoms with Crippen molar-refractivity contribution in [3.63, 3.8) is 0 Å². The Labute approximate surface area is 133 Å². The zero-order valence-electron chi connectivity index (χ0n) is 12.7. The zero-order chi connectivity index (χ0) is 15.0. The first-order chi connectivity index (χ1) is 10.0. The van der Waals surface area contributed by atoms with Gasteiger partial charge in [0, 0.05) is 18.2 Å². The minimum absolute atomic E-state index is 0.0482. The van der Waals surface area contributed by atoms with E-state index in [0.29, 0.717) is 12.2 Å². The maximum absolute atomic E-state index is 12.6. The average molecular weight is 320 g/mol. The lowest BCUT2D eigenvalue weighted by molar-refractivity contribution is 0.0910. The Bertz CT molecular complexity index is 656. The van der Waals surface area contributed by atoms with Gasteiger partial charge in [0.1, 0.15) is 0 Å². The molecule has 21 heavy (non-hydrogen) atoms. The highest BCUT2D eigenvalue weighted by molar-refractivity contribution is 8.01. The first-order valence-corrected chi connectivity index (χ1v) is 9.13. The van der Waals surface area contributed by atoms with Crippen LogP contribution in [0.3, 0.4) is 0 Å². The van der Waals surface area contributed by atoms with Gasteiger partial charge in [-0.05, 0) is 35.6 Å². The van der Waals surface area contributed by atoms with E-state index in [-0.39, 0.29) is 5.41 Å². The highest BCUT2D eigenvalue weighted by Gasteiger charge is 2.36. The molecule has 0 aromatic carbocycles. The third kappa shape index (κ3) is 2.81. The zero-order valence-corrected chi connectivity index (χ0v) is 14.3. The minimum Gasteiger partial charge on any atom is -0.294 e. The molecule has 1 aliphatic rings. The van der Waals surface area contributed by atoms with Gasteiger partial charge in [-0.25, -0.2) is 0 Å². The van der Waals surface area contributed by atoms with Crippen molar-refractivity contribution >= 4 is 28.9 Å². The predicted molar refractivity (Wildman–Crippen MR) is 89.3 cm³/mol. The van der Waals surface area contributed by atoms with E-state index >= 15 is 0 Å². The van der Waals surface area contributed by atoms with E-state index in [2.05, 4.69) is 31.0 Å². The van der Waals surface area contributed by atoms with Gasteiger partial charge in [0.05, 0.1) is 14.8 Å². The van der Waals surface area contributed by atoms with Crippen molar-refractivity contribution in [1.82, 2.24) is 10.2 Å². The van der Waals surface area contributed by atoms with E-state index in [1.807, 2.05) is 17.8 Å². The molecule has 112 valence electrons. The number of hydrogen-bond acceptors (Lipinski definition) is 4. The highest BCUT2D eigenvalue weighted by Crippen LogP contribution is 2.48. The summed E-state index contributed by atoms with van der Waals surface area (Å²) in [6.45, 7) is 6.54. The fourth-order valence-electron chi connectivity index (χ4n) is 2.85. The minimum atomic E-state index is 0.0482. The molecule has 0 radical (unpaired) electrons. The van der Waals surface area contributed by atoms with Crippen LogP contribution in [0.15, 0.2) is 16.5 Å². The SMILES string of the molecule is CCCSc1sc(-c2ccn[nH]2)c2c1C(=O)CC(C)(C)C2. The van der Waals surface area contributed by atoms with Gasteiger partial charge in [-0.1, -0.05) is 20.8 Å². The molecule has 3 rings (SSSR count). The molecule has 0 atom stereocenters. The van der Waals surface area contributed by atoms with E-state index in [9.17, 15) is 4.79 Å². The first kappa shape index (κ1) is 14.9. The van der Waals surface area contributed by atoms with Crippen molar-refractivity contribution in [2.24, 2.45) is 5.41 Å². The van der Waals surface area contributed by atoms with Crippen molar-refractivity contribution in [1.29, 1.82) is 0 Å². The van der Waals surface area contributed by atoms with Gasteiger partial charge in [-0.2, -0.15) is 5.10 Å². The summed E-state index contributed by atoms with van der Waals surface area (Å²) in [5, 5.41) is 7.12. The molecule has 2 aromatic rings. The lowest BCUT2D eigenvalue weighted by atomic mass is 9.74. The molecule has 0 spiro atoms. The van der Waals surface area contributed by atoms with Gasteiger partial charge in [0.15, 0.2) is 5.78 Å². The number of aromatic nitrogens is 2. The Hall–Kier alpha value is -1.07.